The maximum Gasteiger partial charge on any atom is 0.340 e. The zero-order chi connectivity index (χ0) is 25.7. The van der Waals surface area contributed by atoms with Crippen LogP contribution in [0.5, 0.6) is 11.5 Å². The van der Waals surface area contributed by atoms with Crippen molar-refractivity contribution >= 4 is 11.9 Å². The SMILES string of the molecule is CC(C)=CCC/C(C)=C/COc1ccc(C(=O)O)c(C(=O)O)c1OC/C=C(\C)CCC=C(C)C. The molecular weight excluding hydrogens is 432 g/mol. The standard InChI is InChI=1S/C28H38O6/c1-19(2)9-7-11-21(5)15-17-33-24-14-13-23(27(29)30)25(28(31)32)26(24)34-18-16-22(6)12-8-10-20(3)4/h9-10,13-16H,7-8,11-12,17-18H2,1-6H3,(H,29,30)(H,31,32)/b21-15+,22-16+. The van der Waals surface area contributed by atoms with Crippen molar-refractivity contribution in [1.82, 2.24) is 0 Å². The van der Waals surface area contributed by atoms with E-state index in [4.69, 9.17) is 9.47 Å². The van der Waals surface area contributed by atoms with E-state index in [0.29, 0.717) is 0 Å². The van der Waals surface area contributed by atoms with Crippen LogP contribution in [0.15, 0.2) is 58.7 Å². The van der Waals surface area contributed by atoms with Crippen molar-refractivity contribution in [3.63, 3.8) is 0 Å². The maximum absolute atomic E-state index is 11.9. The summed E-state index contributed by atoms with van der Waals surface area (Å²) in [5.41, 5.74) is 4.02. The van der Waals surface area contributed by atoms with Gasteiger partial charge in [-0.3, -0.25) is 0 Å². The molecule has 0 saturated heterocycles. The van der Waals surface area contributed by atoms with E-state index in [-0.39, 0.29) is 30.3 Å². The molecule has 0 saturated carbocycles. The number of aromatic carboxylic acids is 2. The number of carbonyl (C=O) groups is 2. The number of carboxylic acids is 2. The predicted molar refractivity (Wildman–Crippen MR) is 136 cm³/mol. The second-order valence-corrected chi connectivity index (χ2v) is 8.79. The van der Waals surface area contributed by atoms with Gasteiger partial charge in [0, 0.05) is 0 Å². The summed E-state index contributed by atoms with van der Waals surface area (Å²) in [5.74, 6) is -2.59. The molecule has 0 fully saturated rings. The Balaban J connectivity index is 3.07. The molecule has 0 atom stereocenters. The molecule has 34 heavy (non-hydrogen) atoms. The van der Waals surface area contributed by atoms with Crippen molar-refractivity contribution in [3.05, 3.63) is 69.9 Å². The lowest BCUT2D eigenvalue weighted by molar-refractivity contribution is 0.0647. The van der Waals surface area contributed by atoms with Crippen LogP contribution < -0.4 is 9.47 Å². The Hall–Kier alpha value is -3.28. The molecule has 2 N–H and O–H groups in total. The van der Waals surface area contributed by atoms with Crippen molar-refractivity contribution in [2.75, 3.05) is 13.2 Å². The first kappa shape index (κ1) is 28.8. The molecule has 0 aliphatic rings. The lowest BCUT2D eigenvalue weighted by atomic mass is 10.1. The molecule has 0 unspecified atom stereocenters. The van der Waals surface area contributed by atoms with Crippen LogP contribution in [-0.4, -0.2) is 35.4 Å². The minimum absolute atomic E-state index is 0.0728. The molecule has 1 aromatic rings. The predicted octanol–water partition coefficient (Wildman–Crippen LogP) is 7.23. The van der Waals surface area contributed by atoms with Gasteiger partial charge in [-0.25, -0.2) is 9.59 Å². The van der Waals surface area contributed by atoms with Crippen LogP contribution in [0.2, 0.25) is 0 Å². The van der Waals surface area contributed by atoms with E-state index < -0.39 is 17.5 Å². The summed E-state index contributed by atoms with van der Waals surface area (Å²) in [7, 11) is 0. The van der Waals surface area contributed by atoms with Crippen molar-refractivity contribution in [1.29, 1.82) is 0 Å². The zero-order valence-corrected chi connectivity index (χ0v) is 21.2. The number of rotatable bonds is 14. The first-order valence-corrected chi connectivity index (χ1v) is 11.5. The number of hydrogen-bond donors (Lipinski definition) is 2. The van der Waals surface area contributed by atoms with Crippen LogP contribution in [0.1, 0.15) is 87.9 Å². The smallest absolute Gasteiger partial charge is 0.340 e. The van der Waals surface area contributed by atoms with Gasteiger partial charge in [0.15, 0.2) is 11.5 Å². The normalized spacial score (nSPS) is 11.6. The highest BCUT2D eigenvalue weighted by molar-refractivity contribution is 6.04. The molecule has 0 aliphatic heterocycles. The Morgan fingerprint density at radius 2 is 1.24 bits per heavy atom. The van der Waals surface area contributed by atoms with E-state index in [9.17, 15) is 19.8 Å². The fraction of sp³-hybridized carbons (Fsp3) is 0.429. The van der Waals surface area contributed by atoms with Gasteiger partial charge in [-0.1, -0.05) is 34.4 Å². The molecular formula is C28H38O6. The summed E-state index contributed by atoms with van der Waals surface area (Å²) in [5, 5.41) is 19.2. The molecule has 0 aliphatic carbocycles. The number of carboxylic acid groups (broad SMARTS) is 2. The van der Waals surface area contributed by atoms with Crippen LogP contribution in [-0.2, 0) is 0 Å². The Bertz CT molecular complexity index is 971. The molecule has 6 nitrogen and oxygen atoms in total. The first-order chi connectivity index (χ1) is 16.0. The van der Waals surface area contributed by atoms with Crippen molar-refractivity contribution < 1.29 is 29.3 Å². The van der Waals surface area contributed by atoms with Gasteiger partial charge in [-0.15, -0.1) is 0 Å². The molecule has 0 spiro atoms. The maximum atomic E-state index is 11.9. The molecule has 0 amide bonds. The molecule has 0 heterocycles. The fourth-order valence-corrected chi connectivity index (χ4v) is 3.13. The van der Waals surface area contributed by atoms with Gasteiger partial charge in [-0.05, 0) is 91.5 Å². The highest BCUT2D eigenvalue weighted by Crippen LogP contribution is 2.34. The van der Waals surface area contributed by atoms with Crippen molar-refractivity contribution in [3.8, 4) is 11.5 Å². The second-order valence-electron chi connectivity index (χ2n) is 8.79. The van der Waals surface area contributed by atoms with Gasteiger partial charge in [0.2, 0.25) is 0 Å². The third kappa shape index (κ3) is 10.6. The lowest BCUT2D eigenvalue weighted by Crippen LogP contribution is -2.13. The van der Waals surface area contributed by atoms with Gasteiger partial charge < -0.3 is 19.7 Å². The number of ether oxygens (including phenoxy) is 2. The summed E-state index contributed by atoms with van der Waals surface area (Å²) in [6.45, 7) is 12.5. The molecule has 186 valence electrons. The number of hydrogen-bond acceptors (Lipinski definition) is 4. The summed E-state index contributed by atoms with van der Waals surface area (Å²) < 4.78 is 11.6. The van der Waals surface area contributed by atoms with Crippen LogP contribution in [0.4, 0.5) is 0 Å². The average molecular weight is 471 g/mol. The summed E-state index contributed by atoms with van der Waals surface area (Å²) in [6, 6.07) is 2.68. The van der Waals surface area contributed by atoms with Gasteiger partial charge in [0.05, 0.1) is 5.56 Å². The van der Waals surface area contributed by atoms with Gasteiger partial charge >= 0.3 is 11.9 Å². The van der Waals surface area contributed by atoms with Gasteiger partial charge in [-0.2, -0.15) is 0 Å². The molecule has 6 heteroatoms. The quantitative estimate of drug-likeness (QED) is 0.279. The van der Waals surface area contributed by atoms with Crippen molar-refractivity contribution in [2.24, 2.45) is 0 Å². The molecule has 1 rings (SSSR count). The van der Waals surface area contributed by atoms with Crippen LogP contribution >= 0.6 is 0 Å². The van der Waals surface area contributed by atoms with E-state index in [1.165, 1.54) is 23.3 Å². The summed E-state index contributed by atoms with van der Waals surface area (Å²) >= 11 is 0. The Morgan fingerprint density at radius 1 is 0.735 bits per heavy atom. The van der Waals surface area contributed by atoms with Gasteiger partial charge in [0.1, 0.15) is 18.8 Å². The largest absolute Gasteiger partial charge is 0.486 e. The number of allylic oxidation sites excluding steroid dienone is 6. The average Bonchev–Trinajstić information content (AvgIpc) is 2.73. The van der Waals surface area contributed by atoms with E-state index >= 15 is 0 Å². The Kier molecular flexibility index (Phi) is 12.5. The zero-order valence-electron chi connectivity index (χ0n) is 21.2. The fourth-order valence-electron chi connectivity index (χ4n) is 3.13. The third-order valence-corrected chi connectivity index (χ3v) is 5.08. The third-order valence-electron chi connectivity index (χ3n) is 5.08. The minimum atomic E-state index is -1.38. The van der Waals surface area contributed by atoms with E-state index in [1.54, 1.807) is 0 Å². The Morgan fingerprint density at radius 3 is 1.68 bits per heavy atom. The van der Waals surface area contributed by atoms with Crippen LogP contribution in [0.3, 0.4) is 0 Å². The Labute approximate surface area is 203 Å². The molecule has 1 aromatic carbocycles. The van der Waals surface area contributed by atoms with E-state index in [1.807, 2.05) is 39.8 Å². The molecule has 0 aromatic heterocycles. The number of benzene rings is 1. The monoisotopic (exact) mass is 470 g/mol. The summed E-state index contributed by atoms with van der Waals surface area (Å²) in [4.78, 5) is 23.5. The van der Waals surface area contributed by atoms with E-state index in [2.05, 4.69) is 26.0 Å². The highest BCUT2D eigenvalue weighted by atomic mass is 16.5. The topological polar surface area (TPSA) is 93.1 Å². The highest BCUT2D eigenvalue weighted by Gasteiger charge is 2.25. The lowest BCUT2D eigenvalue weighted by Gasteiger charge is -2.15. The van der Waals surface area contributed by atoms with Crippen molar-refractivity contribution in [2.45, 2.75) is 67.2 Å². The minimum Gasteiger partial charge on any atom is -0.486 e. The van der Waals surface area contributed by atoms with Crippen LogP contribution in [0.25, 0.3) is 0 Å². The van der Waals surface area contributed by atoms with E-state index in [0.717, 1.165) is 36.8 Å². The second kappa shape index (κ2) is 14.8. The molecule has 0 bridgehead atoms. The van der Waals surface area contributed by atoms with Gasteiger partial charge in [0.25, 0.3) is 0 Å². The summed E-state index contributed by atoms with van der Waals surface area (Å²) in [6.07, 6.45) is 11.7. The molecule has 0 radical (unpaired) electrons. The first-order valence-electron chi connectivity index (χ1n) is 11.5. The van der Waals surface area contributed by atoms with Crippen LogP contribution in [0, 0.1) is 0 Å².